The fourth-order valence-corrected chi connectivity index (χ4v) is 1.95. The lowest BCUT2D eigenvalue weighted by Gasteiger charge is -2.16. The molecule has 3 nitrogen and oxygen atoms in total. The number of ether oxygens (including phenoxy) is 1. The highest BCUT2D eigenvalue weighted by Gasteiger charge is 2.30. The second kappa shape index (κ2) is 6.13. The van der Waals surface area contributed by atoms with Gasteiger partial charge in [0.1, 0.15) is 11.4 Å². The topological polar surface area (TPSA) is 48.1 Å². The van der Waals surface area contributed by atoms with Crippen molar-refractivity contribution in [2.24, 2.45) is 5.73 Å². The van der Waals surface area contributed by atoms with Crippen LogP contribution in [0.15, 0.2) is 42.6 Å². The summed E-state index contributed by atoms with van der Waals surface area (Å²) in [7, 11) is 0. The van der Waals surface area contributed by atoms with Gasteiger partial charge in [-0.25, -0.2) is 0 Å². The van der Waals surface area contributed by atoms with Crippen molar-refractivity contribution in [1.29, 1.82) is 0 Å². The molecule has 112 valence electrons. The van der Waals surface area contributed by atoms with E-state index >= 15 is 0 Å². The third-order valence-corrected chi connectivity index (χ3v) is 2.99. The second-order valence-electron chi connectivity index (χ2n) is 4.42. The zero-order chi connectivity index (χ0) is 15.5. The summed E-state index contributed by atoms with van der Waals surface area (Å²) in [6, 6.07) is 7.55. The molecule has 0 saturated heterocycles. The molecule has 0 bridgehead atoms. The molecule has 1 aromatic carbocycles. The van der Waals surface area contributed by atoms with E-state index in [9.17, 15) is 13.2 Å². The molecule has 2 aromatic rings. The molecule has 0 amide bonds. The highest BCUT2D eigenvalue weighted by atomic mass is 19.4. The molecular formula is C15H15F3N2O. The molecule has 2 N–H and O–H groups in total. The van der Waals surface area contributed by atoms with Crippen LogP contribution >= 0.6 is 0 Å². The zero-order valence-electron chi connectivity index (χ0n) is 11.4. The predicted molar refractivity (Wildman–Crippen MR) is 72.9 cm³/mol. The lowest BCUT2D eigenvalue weighted by molar-refractivity contribution is -0.137. The van der Waals surface area contributed by atoms with Crippen LogP contribution in [0, 0.1) is 0 Å². The Kier molecular flexibility index (Phi) is 4.47. The number of hydrogen-bond donors (Lipinski definition) is 1. The molecule has 0 aliphatic heterocycles. The lowest BCUT2D eigenvalue weighted by Crippen LogP contribution is -2.15. The number of nitrogens with two attached hydrogens (primary N) is 1. The molecule has 1 aromatic heterocycles. The third kappa shape index (κ3) is 3.52. The van der Waals surface area contributed by atoms with Crippen molar-refractivity contribution < 1.29 is 17.9 Å². The minimum absolute atomic E-state index is 0.457. The van der Waals surface area contributed by atoms with Gasteiger partial charge in [0.05, 0.1) is 18.2 Å². The van der Waals surface area contributed by atoms with Crippen molar-refractivity contribution in [1.82, 2.24) is 4.98 Å². The third-order valence-electron chi connectivity index (χ3n) is 2.99. The van der Waals surface area contributed by atoms with Crippen molar-refractivity contribution in [3.05, 3.63) is 59.4 Å². The number of benzene rings is 1. The Morgan fingerprint density at radius 2 is 1.86 bits per heavy atom. The number of aromatic nitrogens is 1. The van der Waals surface area contributed by atoms with E-state index in [2.05, 4.69) is 4.98 Å². The number of nitrogens with zero attached hydrogens (tertiary/aromatic N) is 1. The number of alkyl halides is 3. The van der Waals surface area contributed by atoms with E-state index in [0.29, 0.717) is 23.6 Å². The Morgan fingerprint density at radius 1 is 1.19 bits per heavy atom. The molecule has 1 atom stereocenters. The van der Waals surface area contributed by atoms with E-state index in [1.54, 1.807) is 18.3 Å². The fraction of sp³-hybridized carbons (Fsp3) is 0.267. The maximum Gasteiger partial charge on any atom is 0.416 e. The molecule has 1 unspecified atom stereocenters. The Morgan fingerprint density at radius 3 is 2.43 bits per heavy atom. The van der Waals surface area contributed by atoms with Gasteiger partial charge in [-0.3, -0.25) is 4.98 Å². The van der Waals surface area contributed by atoms with Crippen molar-refractivity contribution in [2.75, 3.05) is 6.61 Å². The molecule has 0 aliphatic carbocycles. The first-order valence-corrected chi connectivity index (χ1v) is 6.44. The van der Waals surface area contributed by atoms with Gasteiger partial charge >= 0.3 is 6.18 Å². The van der Waals surface area contributed by atoms with E-state index in [-0.39, 0.29) is 0 Å². The molecular weight excluding hydrogens is 281 g/mol. The molecule has 2 rings (SSSR count). The van der Waals surface area contributed by atoms with Crippen LogP contribution in [0.25, 0.3) is 0 Å². The molecule has 0 radical (unpaired) electrons. The molecule has 6 heteroatoms. The Balaban J connectivity index is 2.30. The zero-order valence-corrected chi connectivity index (χ0v) is 11.4. The van der Waals surface area contributed by atoms with Gasteiger partial charge < -0.3 is 10.5 Å². The van der Waals surface area contributed by atoms with Crippen molar-refractivity contribution in [3.63, 3.8) is 0 Å². The number of halogens is 3. The van der Waals surface area contributed by atoms with E-state index in [1.165, 1.54) is 12.1 Å². The first-order chi connectivity index (χ1) is 9.93. The van der Waals surface area contributed by atoms with E-state index in [4.69, 9.17) is 10.5 Å². The van der Waals surface area contributed by atoms with Gasteiger partial charge in [-0.1, -0.05) is 12.1 Å². The Hall–Kier alpha value is -2.08. The molecule has 1 heterocycles. The van der Waals surface area contributed by atoms with E-state index in [0.717, 1.165) is 12.1 Å². The predicted octanol–water partition coefficient (Wildman–Crippen LogP) is 3.55. The Bertz CT molecular complexity index is 597. The first kappa shape index (κ1) is 15.3. The molecule has 0 saturated carbocycles. The van der Waals surface area contributed by atoms with Crippen LogP contribution < -0.4 is 10.5 Å². The summed E-state index contributed by atoms with van der Waals surface area (Å²) in [5.74, 6) is 0.535. The molecule has 0 aliphatic rings. The summed E-state index contributed by atoms with van der Waals surface area (Å²) in [5, 5.41) is 0. The normalized spacial score (nSPS) is 13.0. The van der Waals surface area contributed by atoms with Gasteiger partial charge in [0.15, 0.2) is 0 Å². The monoisotopic (exact) mass is 296 g/mol. The highest BCUT2D eigenvalue weighted by Crippen LogP contribution is 2.31. The summed E-state index contributed by atoms with van der Waals surface area (Å²) in [6.07, 6.45) is -2.79. The van der Waals surface area contributed by atoms with E-state index < -0.39 is 17.8 Å². The Labute approximate surface area is 120 Å². The second-order valence-corrected chi connectivity index (χ2v) is 4.42. The van der Waals surface area contributed by atoms with Gasteiger partial charge in [-0.2, -0.15) is 13.2 Å². The number of rotatable bonds is 4. The largest absolute Gasteiger partial charge is 0.492 e. The van der Waals surface area contributed by atoms with Crippen molar-refractivity contribution in [2.45, 2.75) is 19.1 Å². The summed E-state index contributed by atoms with van der Waals surface area (Å²) >= 11 is 0. The minimum atomic E-state index is -4.36. The highest BCUT2D eigenvalue weighted by molar-refractivity contribution is 5.37. The summed E-state index contributed by atoms with van der Waals surface area (Å²) < 4.78 is 43.1. The van der Waals surface area contributed by atoms with Crippen LogP contribution in [-0.2, 0) is 6.18 Å². The first-order valence-electron chi connectivity index (χ1n) is 6.44. The molecule has 0 fully saturated rings. The summed E-state index contributed by atoms with van der Waals surface area (Å²) in [5.41, 5.74) is 6.42. The van der Waals surface area contributed by atoms with Gasteiger partial charge in [0, 0.05) is 6.20 Å². The van der Waals surface area contributed by atoms with E-state index in [1.807, 2.05) is 6.92 Å². The fourth-order valence-electron chi connectivity index (χ4n) is 1.95. The van der Waals surface area contributed by atoms with Gasteiger partial charge in [0.2, 0.25) is 0 Å². The van der Waals surface area contributed by atoms with Crippen molar-refractivity contribution in [3.8, 4) is 5.75 Å². The SMILES string of the molecule is CCOc1cccnc1C(N)c1ccc(C(F)(F)F)cc1. The van der Waals surface area contributed by atoms with Gasteiger partial charge in [-0.05, 0) is 36.8 Å². The summed E-state index contributed by atoms with van der Waals surface area (Å²) in [6.45, 7) is 2.29. The average molecular weight is 296 g/mol. The number of pyridine rings is 1. The maximum atomic E-state index is 12.5. The smallest absolute Gasteiger partial charge is 0.416 e. The van der Waals surface area contributed by atoms with Crippen LogP contribution in [0.5, 0.6) is 5.75 Å². The van der Waals surface area contributed by atoms with Gasteiger partial charge in [-0.15, -0.1) is 0 Å². The standard InChI is InChI=1S/C15H15F3N2O/c1-2-21-12-4-3-9-20-14(12)13(19)10-5-7-11(8-6-10)15(16,17)18/h3-9,13H,2,19H2,1H3. The quantitative estimate of drug-likeness (QED) is 0.938. The number of hydrogen-bond acceptors (Lipinski definition) is 3. The van der Waals surface area contributed by atoms with Crippen LogP contribution in [0.3, 0.4) is 0 Å². The van der Waals surface area contributed by atoms with Crippen LogP contribution in [0.2, 0.25) is 0 Å². The summed E-state index contributed by atoms with van der Waals surface area (Å²) in [4.78, 5) is 4.17. The molecule has 0 spiro atoms. The molecule has 21 heavy (non-hydrogen) atoms. The van der Waals surface area contributed by atoms with Gasteiger partial charge in [0.25, 0.3) is 0 Å². The van der Waals surface area contributed by atoms with Crippen LogP contribution in [0.4, 0.5) is 13.2 Å². The average Bonchev–Trinajstić information content (AvgIpc) is 2.47. The van der Waals surface area contributed by atoms with Crippen molar-refractivity contribution >= 4 is 0 Å². The lowest BCUT2D eigenvalue weighted by atomic mass is 10.0. The van der Waals surface area contributed by atoms with Crippen LogP contribution in [-0.4, -0.2) is 11.6 Å². The maximum absolute atomic E-state index is 12.5. The van der Waals surface area contributed by atoms with Crippen LogP contribution in [0.1, 0.15) is 29.8 Å². The minimum Gasteiger partial charge on any atom is -0.492 e.